The Morgan fingerprint density at radius 1 is 0.879 bits per heavy atom. The largest absolute Gasteiger partial charge is 0.493 e. The molecule has 0 atom stereocenters. The molecule has 3 N–H and O–H groups in total. The predicted molar refractivity (Wildman–Crippen MR) is 132 cm³/mol. The van der Waals surface area contributed by atoms with Crippen molar-refractivity contribution in [3.63, 3.8) is 0 Å². The van der Waals surface area contributed by atoms with Crippen LogP contribution in [0, 0.1) is 0 Å². The number of aromatic amines is 1. The summed E-state index contributed by atoms with van der Waals surface area (Å²) in [5, 5.41) is 15.2. The number of hydrogen-bond donors (Lipinski definition) is 3. The van der Waals surface area contributed by atoms with Crippen LogP contribution in [-0.4, -0.2) is 26.8 Å². The van der Waals surface area contributed by atoms with E-state index in [9.17, 15) is 0 Å². The smallest absolute Gasteiger partial charge is 0.225 e. The van der Waals surface area contributed by atoms with Gasteiger partial charge in [0.25, 0.3) is 0 Å². The molecule has 0 aliphatic carbocycles. The summed E-state index contributed by atoms with van der Waals surface area (Å²) in [5.74, 6) is 2.92. The van der Waals surface area contributed by atoms with E-state index in [0.717, 1.165) is 78.3 Å². The maximum absolute atomic E-state index is 6.09. The molecule has 168 valence electrons. The van der Waals surface area contributed by atoms with E-state index in [4.69, 9.17) is 14.7 Å². The third-order valence-corrected chi connectivity index (χ3v) is 5.67. The molecule has 0 amide bonds. The SMILES string of the molecule is C1=C\Cc2cc(n[nH]2)Nc2nc(nc3ccccc23)NCc2ccccc2OCCCCC/1. The molecule has 7 nitrogen and oxygen atoms in total. The van der Waals surface area contributed by atoms with Crippen LogP contribution in [0.2, 0.25) is 0 Å². The van der Waals surface area contributed by atoms with Crippen molar-refractivity contribution in [1.82, 2.24) is 20.2 Å². The van der Waals surface area contributed by atoms with Gasteiger partial charge in [-0.3, -0.25) is 5.10 Å². The zero-order valence-corrected chi connectivity index (χ0v) is 18.6. The van der Waals surface area contributed by atoms with E-state index in [-0.39, 0.29) is 0 Å². The van der Waals surface area contributed by atoms with Gasteiger partial charge in [-0.25, -0.2) is 4.98 Å². The summed E-state index contributed by atoms with van der Waals surface area (Å²) in [6, 6.07) is 18.1. The fourth-order valence-corrected chi connectivity index (χ4v) is 3.92. The van der Waals surface area contributed by atoms with Gasteiger partial charge in [-0.05, 0) is 43.9 Å². The standard InChI is InChI=1S/C26H28N6O/c1-2-4-10-16-33-23-15-9-6-11-19(23)18-27-26-28-22-14-8-7-13-21(22)25(30-26)29-24-17-20(31-32-24)12-5-3-1/h3,5-9,11,13-15,17H,1-2,4,10,12,16,18H2,(H3,27,28,29,30,31,32)/b5-3-. The Balaban J connectivity index is 1.46. The second kappa shape index (κ2) is 10.2. The van der Waals surface area contributed by atoms with Gasteiger partial charge in [0.05, 0.1) is 12.1 Å². The number of para-hydroxylation sites is 2. The summed E-state index contributed by atoms with van der Waals surface area (Å²) in [7, 11) is 0. The van der Waals surface area contributed by atoms with E-state index in [1.54, 1.807) is 0 Å². The number of hydrogen-bond acceptors (Lipinski definition) is 6. The second-order valence-corrected chi connectivity index (χ2v) is 8.15. The molecular weight excluding hydrogens is 412 g/mol. The molecule has 5 rings (SSSR count). The topological polar surface area (TPSA) is 87.8 Å². The number of benzene rings is 2. The highest BCUT2D eigenvalue weighted by atomic mass is 16.5. The van der Waals surface area contributed by atoms with E-state index in [1.807, 2.05) is 48.5 Å². The van der Waals surface area contributed by atoms with Gasteiger partial charge in [0.1, 0.15) is 11.6 Å². The van der Waals surface area contributed by atoms with E-state index < -0.39 is 0 Å². The van der Waals surface area contributed by atoms with Gasteiger partial charge < -0.3 is 15.4 Å². The van der Waals surface area contributed by atoms with Crippen molar-refractivity contribution in [1.29, 1.82) is 0 Å². The van der Waals surface area contributed by atoms with E-state index >= 15 is 0 Å². The number of anilines is 3. The summed E-state index contributed by atoms with van der Waals surface area (Å²) in [4.78, 5) is 9.47. The molecule has 7 heteroatoms. The molecular formula is C26H28N6O. The molecule has 0 saturated carbocycles. The van der Waals surface area contributed by atoms with Crippen molar-refractivity contribution in [2.45, 2.75) is 38.6 Å². The van der Waals surface area contributed by atoms with Gasteiger partial charge in [0, 0.05) is 35.7 Å². The van der Waals surface area contributed by atoms with Crippen molar-refractivity contribution < 1.29 is 4.74 Å². The van der Waals surface area contributed by atoms with Crippen LogP contribution in [-0.2, 0) is 13.0 Å². The molecule has 0 saturated heterocycles. The Kier molecular flexibility index (Phi) is 6.47. The average Bonchev–Trinajstić information content (AvgIpc) is 3.29. The Hall–Kier alpha value is -3.87. The Labute approximate surface area is 193 Å². The molecule has 0 radical (unpaired) electrons. The molecule has 4 bridgehead atoms. The zero-order chi connectivity index (χ0) is 22.3. The maximum Gasteiger partial charge on any atom is 0.225 e. The van der Waals surface area contributed by atoms with Crippen LogP contribution in [0.1, 0.15) is 36.9 Å². The minimum absolute atomic E-state index is 0.555. The molecule has 0 unspecified atom stereocenters. The van der Waals surface area contributed by atoms with Gasteiger partial charge in [-0.2, -0.15) is 10.1 Å². The van der Waals surface area contributed by atoms with Crippen LogP contribution in [0.4, 0.5) is 17.6 Å². The fourth-order valence-electron chi connectivity index (χ4n) is 3.92. The second-order valence-electron chi connectivity index (χ2n) is 8.15. The van der Waals surface area contributed by atoms with E-state index in [2.05, 4.69) is 39.0 Å². The highest BCUT2D eigenvalue weighted by Gasteiger charge is 2.11. The van der Waals surface area contributed by atoms with Gasteiger partial charge in [0.2, 0.25) is 5.95 Å². The van der Waals surface area contributed by atoms with Crippen LogP contribution >= 0.6 is 0 Å². The number of fused-ring (bicyclic) bond motifs is 7. The molecule has 1 aliphatic rings. The number of nitrogens with one attached hydrogen (secondary N) is 3. The molecule has 1 aliphatic heterocycles. The Morgan fingerprint density at radius 2 is 1.79 bits per heavy atom. The quantitative estimate of drug-likeness (QED) is 0.301. The number of allylic oxidation sites excluding steroid dienone is 2. The summed E-state index contributed by atoms with van der Waals surface area (Å²) in [5.41, 5.74) is 3.01. The van der Waals surface area contributed by atoms with Crippen LogP contribution in [0.15, 0.2) is 66.7 Å². The third kappa shape index (κ3) is 5.31. The Bertz CT molecular complexity index is 1250. The maximum atomic E-state index is 6.09. The van der Waals surface area contributed by atoms with Gasteiger partial charge in [-0.1, -0.05) is 42.5 Å². The number of aromatic nitrogens is 4. The summed E-state index contributed by atoms with van der Waals surface area (Å²) >= 11 is 0. The molecule has 4 aromatic rings. The van der Waals surface area contributed by atoms with Crippen molar-refractivity contribution in [3.05, 3.63) is 78.0 Å². The van der Waals surface area contributed by atoms with Crippen molar-refractivity contribution in [3.8, 4) is 5.75 Å². The lowest BCUT2D eigenvalue weighted by molar-refractivity contribution is 0.303. The molecule has 2 aromatic heterocycles. The average molecular weight is 441 g/mol. The van der Waals surface area contributed by atoms with E-state index in [1.165, 1.54) is 0 Å². The monoisotopic (exact) mass is 440 g/mol. The minimum atomic E-state index is 0.555. The number of ether oxygens (including phenoxy) is 1. The lowest BCUT2D eigenvalue weighted by atomic mass is 10.1. The van der Waals surface area contributed by atoms with Crippen LogP contribution < -0.4 is 15.4 Å². The summed E-state index contributed by atoms with van der Waals surface area (Å²) in [6.07, 6.45) is 9.71. The first-order chi connectivity index (χ1) is 16.3. The van der Waals surface area contributed by atoms with E-state index in [0.29, 0.717) is 12.5 Å². The number of rotatable bonds is 0. The Morgan fingerprint density at radius 3 is 2.79 bits per heavy atom. The predicted octanol–water partition coefficient (Wildman–Crippen LogP) is 5.76. The van der Waals surface area contributed by atoms with Gasteiger partial charge >= 0.3 is 0 Å². The van der Waals surface area contributed by atoms with Crippen LogP contribution in [0.5, 0.6) is 5.75 Å². The third-order valence-electron chi connectivity index (χ3n) is 5.67. The van der Waals surface area contributed by atoms with Crippen LogP contribution in [0.3, 0.4) is 0 Å². The molecule has 2 aromatic carbocycles. The lowest BCUT2D eigenvalue weighted by Gasteiger charge is -2.13. The highest BCUT2D eigenvalue weighted by molar-refractivity contribution is 5.91. The van der Waals surface area contributed by atoms with Gasteiger partial charge in [0.15, 0.2) is 5.82 Å². The number of nitrogens with zero attached hydrogens (tertiary/aromatic N) is 3. The molecule has 0 spiro atoms. The van der Waals surface area contributed by atoms with Crippen molar-refractivity contribution in [2.24, 2.45) is 0 Å². The first-order valence-corrected chi connectivity index (χ1v) is 11.5. The normalized spacial score (nSPS) is 16.0. The lowest BCUT2D eigenvalue weighted by Crippen LogP contribution is -2.08. The fraction of sp³-hybridized carbons (Fsp3) is 0.269. The summed E-state index contributed by atoms with van der Waals surface area (Å²) in [6.45, 7) is 1.30. The first kappa shape index (κ1) is 21.0. The molecule has 33 heavy (non-hydrogen) atoms. The summed E-state index contributed by atoms with van der Waals surface area (Å²) < 4.78 is 6.09. The first-order valence-electron chi connectivity index (χ1n) is 11.5. The van der Waals surface area contributed by atoms with Crippen LogP contribution in [0.25, 0.3) is 10.9 Å². The van der Waals surface area contributed by atoms with Gasteiger partial charge in [-0.15, -0.1) is 0 Å². The van der Waals surface area contributed by atoms with Crippen molar-refractivity contribution >= 4 is 28.5 Å². The molecule has 0 fully saturated rings. The highest BCUT2D eigenvalue weighted by Crippen LogP contribution is 2.26. The minimum Gasteiger partial charge on any atom is -0.493 e. The van der Waals surface area contributed by atoms with Crippen molar-refractivity contribution in [2.75, 3.05) is 17.2 Å². The molecule has 3 heterocycles. The zero-order valence-electron chi connectivity index (χ0n) is 18.6. The number of H-pyrrole nitrogens is 1.